The summed E-state index contributed by atoms with van der Waals surface area (Å²) in [7, 11) is 0. The van der Waals surface area contributed by atoms with Crippen LogP contribution in [-0.2, 0) is 0 Å². The van der Waals surface area contributed by atoms with Gasteiger partial charge in [-0.2, -0.15) is 0 Å². The molecule has 0 aliphatic rings. The highest BCUT2D eigenvalue weighted by Crippen LogP contribution is 2.28. The highest BCUT2D eigenvalue weighted by atomic mass is 16.2. The summed E-state index contributed by atoms with van der Waals surface area (Å²) in [5.41, 5.74) is 4.56. The fourth-order valence-corrected chi connectivity index (χ4v) is 4.03. The van der Waals surface area contributed by atoms with Crippen LogP contribution in [-0.4, -0.2) is 11.8 Å². The maximum absolute atomic E-state index is 13.3. The molecule has 2 N–H and O–H groups in total. The molecule has 0 aliphatic heterocycles. The monoisotopic (exact) mass is 448 g/mol. The number of rotatable bonds is 7. The molecular weight excluding hydrogens is 420 g/mol. The SMILES string of the molecule is C[C@H](NC(=O)c1ccccc1-c1ccccc1C(=O)N[C@@H](C)c1ccccc1)c1ccccc1. The maximum Gasteiger partial charge on any atom is 0.252 e. The van der Waals surface area contributed by atoms with Gasteiger partial charge in [0.15, 0.2) is 0 Å². The van der Waals surface area contributed by atoms with Gasteiger partial charge in [0, 0.05) is 11.1 Å². The average Bonchev–Trinajstić information content (AvgIpc) is 2.89. The fourth-order valence-electron chi connectivity index (χ4n) is 4.03. The lowest BCUT2D eigenvalue weighted by atomic mass is 9.94. The predicted molar refractivity (Wildman–Crippen MR) is 137 cm³/mol. The Kier molecular flexibility index (Phi) is 7.19. The Morgan fingerprint density at radius 2 is 0.824 bits per heavy atom. The van der Waals surface area contributed by atoms with Crippen molar-refractivity contribution in [3.63, 3.8) is 0 Å². The first-order valence-electron chi connectivity index (χ1n) is 11.4. The number of carbonyl (C=O) groups excluding carboxylic acids is 2. The zero-order valence-corrected chi connectivity index (χ0v) is 19.4. The largest absolute Gasteiger partial charge is 0.345 e. The number of benzene rings is 4. The van der Waals surface area contributed by atoms with E-state index in [0.29, 0.717) is 11.1 Å². The van der Waals surface area contributed by atoms with Gasteiger partial charge in [0.25, 0.3) is 11.8 Å². The van der Waals surface area contributed by atoms with Gasteiger partial charge in [0.2, 0.25) is 0 Å². The van der Waals surface area contributed by atoms with Crippen molar-refractivity contribution in [3.05, 3.63) is 131 Å². The number of amides is 2. The summed E-state index contributed by atoms with van der Waals surface area (Å²) in [5, 5.41) is 6.17. The first-order valence-corrected chi connectivity index (χ1v) is 11.4. The van der Waals surface area contributed by atoms with Crippen LogP contribution >= 0.6 is 0 Å². The Morgan fingerprint density at radius 3 is 1.21 bits per heavy atom. The molecule has 0 radical (unpaired) electrons. The summed E-state index contributed by atoms with van der Waals surface area (Å²) >= 11 is 0. The number of nitrogens with one attached hydrogen (secondary N) is 2. The molecule has 34 heavy (non-hydrogen) atoms. The van der Waals surface area contributed by atoms with E-state index in [1.807, 2.05) is 111 Å². The van der Waals surface area contributed by atoms with Crippen molar-refractivity contribution in [2.24, 2.45) is 0 Å². The summed E-state index contributed by atoms with van der Waals surface area (Å²) < 4.78 is 0. The van der Waals surface area contributed by atoms with Crippen LogP contribution in [0.15, 0.2) is 109 Å². The minimum Gasteiger partial charge on any atom is -0.345 e. The minimum atomic E-state index is -0.181. The Morgan fingerprint density at radius 1 is 0.500 bits per heavy atom. The highest BCUT2D eigenvalue weighted by molar-refractivity contribution is 6.06. The van der Waals surface area contributed by atoms with Crippen LogP contribution in [0.2, 0.25) is 0 Å². The van der Waals surface area contributed by atoms with Crippen LogP contribution in [0, 0.1) is 0 Å². The lowest BCUT2D eigenvalue weighted by Gasteiger charge is -2.19. The standard InChI is InChI=1S/C30H28N2O2/c1-21(23-13-5-3-6-14-23)31-29(33)27-19-11-9-17-25(27)26-18-10-12-20-28(26)30(34)32-22(2)24-15-7-4-8-16-24/h3-22H,1-2H3,(H,31,33)(H,32,34)/t21-,22-/m0/s1. The molecule has 4 aromatic rings. The zero-order chi connectivity index (χ0) is 23.9. The first kappa shape index (κ1) is 23.0. The molecule has 2 amide bonds. The number of hydrogen-bond acceptors (Lipinski definition) is 2. The molecule has 0 bridgehead atoms. The first-order chi connectivity index (χ1) is 16.5. The number of carbonyl (C=O) groups is 2. The van der Waals surface area contributed by atoms with Crippen LogP contribution < -0.4 is 10.6 Å². The summed E-state index contributed by atoms with van der Waals surface area (Å²) in [6, 6.07) is 34.2. The summed E-state index contributed by atoms with van der Waals surface area (Å²) in [6.45, 7) is 3.92. The van der Waals surface area contributed by atoms with E-state index in [1.54, 1.807) is 12.1 Å². The Bertz CT molecular complexity index is 1170. The molecule has 4 aromatic carbocycles. The van der Waals surface area contributed by atoms with E-state index >= 15 is 0 Å². The van der Waals surface area contributed by atoms with Crippen molar-refractivity contribution >= 4 is 11.8 Å². The van der Waals surface area contributed by atoms with E-state index in [9.17, 15) is 9.59 Å². The second-order valence-electron chi connectivity index (χ2n) is 8.30. The molecule has 0 saturated heterocycles. The lowest BCUT2D eigenvalue weighted by molar-refractivity contribution is 0.0930. The molecule has 0 aromatic heterocycles. The third-order valence-electron chi connectivity index (χ3n) is 5.93. The van der Waals surface area contributed by atoms with Gasteiger partial charge in [-0.15, -0.1) is 0 Å². The summed E-state index contributed by atoms with van der Waals surface area (Å²) in [4.78, 5) is 26.5. The maximum atomic E-state index is 13.3. The predicted octanol–water partition coefficient (Wildman–Crippen LogP) is 6.34. The van der Waals surface area contributed by atoms with Gasteiger partial charge >= 0.3 is 0 Å². The minimum absolute atomic E-state index is 0.146. The normalized spacial score (nSPS) is 12.4. The Hall–Kier alpha value is -4.18. The van der Waals surface area contributed by atoms with Crippen molar-refractivity contribution in [3.8, 4) is 11.1 Å². The molecule has 4 nitrogen and oxygen atoms in total. The van der Waals surface area contributed by atoms with Gasteiger partial charge in [0.1, 0.15) is 0 Å². The van der Waals surface area contributed by atoms with Crippen LogP contribution in [0.5, 0.6) is 0 Å². The fraction of sp³-hybridized carbons (Fsp3) is 0.133. The average molecular weight is 449 g/mol. The molecule has 0 fully saturated rings. The van der Waals surface area contributed by atoms with E-state index in [4.69, 9.17) is 0 Å². The Balaban J connectivity index is 1.61. The summed E-state index contributed by atoms with van der Waals surface area (Å²) in [5.74, 6) is -0.361. The third-order valence-corrected chi connectivity index (χ3v) is 5.93. The van der Waals surface area contributed by atoms with E-state index < -0.39 is 0 Å². The van der Waals surface area contributed by atoms with Crippen LogP contribution in [0.3, 0.4) is 0 Å². The van der Waals surface area contributed by atoms with Gasteiger partial charge in [-0.05, 0) is 48.2 Å². The summed E-state index contributed by atoms with van der Waals surface area (Å²) in [6.07, 6.45) is 0. The van der Waals surface area contributed by atoms with Crippen molar-refractivity contribution in [2.75, 3.05) is 0 Å². The highest BCUT2D eigenvalue weighted by Gasteiger charge is 2.20. The van der Waals surface area contributed by atoms with E-state index in [1.165, 1.54) is 0 Å². The third kappa shape index (κ3) is 5.24. The van der Waals surface area contributed by atoms with E-state index in [-0.39, 0.29) is 23.9 Å². The molecule has 0 saturated carbocycles. The number of hydrogen-bond donors (Lipinski definition) is 2. The van der Waals surface area contributed by atoms with Crippen LogP contribution in [0.4, 0.5) is 0 Å². The molecule has 0 spiro atoms. The molecule has 170 valence electrons. The van der Waals surface area contributed by atoms with Gasteiger partial charge in [-0.3, -0.25) is 9.59 Å². The molecule has 4 rings (SSSR count). The van der Waals surface area contributed by atoms with Crippen LogP contribution in [0.1, 0.15) is 57.8 Å². The van der Waals surface area contributed by atoms with Gasteiger partial charge in [-0.25, -0.2) is 0 Å². The second-order valence-corrected chi connectivity index (χ2v) is 8.30. The molecule has 2 atom stereocenters. The van der Waals surface area contributed by atoms with Crippen molar-refractivity contribution in [1.82, 2.24) is 10.6 Å². The van der Waals surface area contributed by atoms with Gasteiger partial charge < -0.3 is 10.6 Å². The van der Waals surface area contributed by atoms with Crippen molar-refractivity contribution in [1.29, 1.82) is 0 Å². The molecule has 0 heterocycles. The van der Waals surface area contributed by atoms with Crippen molar-refractivity contribution < 1.29 is 9.59 Å². The van der Waals surface area contributed by atoms with E-state index in [0.717, 1.165) is 22.3 Å². The quantitative estimate of drug-likeness (QED) is 0.347. The van der Waals surface area contributed by atoms with E-state index in [2.05, 4.69) is 10.6 Å². The molecule has 0 unspecified atom stereocenters. The zero-order valence-electron chi connectivity index (χ0n) is 19.4. The molecular formula is C30H28N2O2. The lowest BCUT2D eigenvalue weighted by Crippen LogP contribution is -2.28. The van der Waals surface area contributed by atoms with Gasteiger partial charge in [0.05, 0.1) is 12.1 Å². The van der Waals surface area contributed by atoms with Crippen molar-refractivity contribution in [2.45, 2.75) is 25.9 Å². The molecule has 0 aliphatic carbocycles. The van der Waals surface area contributed by atoms with Crippen LogP contribution in [0.25, 0.3) is 11.1 Å². The second kappa shape index (κ2) is 10.6. The smallest absolute Gasteiger partial charge is 0.252 e. The topological polar surface area (TPSA) is 58.2 Å². The Labute approximate surface area is 200 Å². The van der Waals surface area contributed by atoms with Gasteiger partial charge in [-0.1, -0.05) is 97.1 Å². The molecule has 4 heteroatoms.